The van der Waals surface area contributed by atoms with Crippen molar-refractivity contribution in [1.82, 2.24) is 9.97 Å². The van der Waals surface area contributed by atoms with Crippen LogP contribution in [0.3, 0.4) is 0 Å². The number of aromatic nitrogens is 2. The smallest absolute Gasteiger partial charge is 0.255 e. The Bertz CT molecular complexity index is 1230. The predicted octanol–water partition coefficient (Wildman–Crippen LogP) is 6.40. The van der Waals surface area contributed by atoms with E-state index in [0.29, 0.717) is 17.3 Å². The Labute approximate surface area is 194 Å². The van der Waals surface area contributed by atoms with Crippen LogP contribution in [0.1, 0.15) is 34.1 Å². The third-order valence-corrected chi connectivity index (χ3v) is 5.20. The largest absolute Gasteiger partial charge is 0.340 e. The molecular formula is C27H27N5O. The van der Waals surface area contributed by atoms with E-state index < -0.39 is 0 Å². The first-order valence-electron chi connectivity index (χ1n) is 11.0. The summed E-state index contributed by atoms with van der Waals surface area (Å²) < 4.78 is 0. The summed E-state index contributed by atoms with van der Waals surface area (Å²) in [6.45, 7) is 6.07. The van der Waals surface area contributed by atoms with Crippen LogP contribution in [0.2, 0.25) is 0 Å². The first-order chi connectivity index (χ1) is 16.0. The van der Waals surface area contributed by atoms with Crippen molar-refractivity contribution in [3.8, 4) is 0 Å². The van der Waals surface area contributed by atoms with Gasteiger partial charge in [0.25, 0.3) is 5.91 Å². The summed E-state index contributed by atoms with van der Waals surface area (Å²) in [5.74, 6) is 1.08. The lowest BCUT2D eigenvalue weighted by Crippen LogP contribution is -2.11. The van der Waals surface area contributed by atoms with Crippen LogP contribution < -0.4 is 16.0 Å². The van der Waals surface area contributed by atoms with Gasteiger partial charge in [0.05, 0.1) is 0 Å². The average Bonchev–Trinajstić information content (AvgIpc) is 2.81. The van der Waals surface area contributed by atoms with E-state index in [1.165, 1.54) is 11.1 Å². The Morgan fingerprint density at radius 1 is 0.758 bits per heavy atom. The standard InChI is InChI=1S/C27H27N5O/c1-4-20-7-9-21(10-8-20)26(33)30-23-15-13-22(14-16-23)29-25-17-19(3)28-27(32-25)31-24-11-5-18(2)6-12-24/h5-17H,4H2,1-3H3,(H,30,33)(H2,28,29,31,32). The highest BCUT2D eigenvalue weighted by Crippen LogP contribution is 2.21. The molecule has 0 aliphatic rings. The molecule has 0 atom stereocenters. The van der Waals surface area contributed by atoms with Crippen molar-refractivity contribution in [2.24, 2.45) is 0 Å². The summed E-state index contributed by atoms with van der Waals surface area (Å²) >= 11 is 0. The van der Waals surface area contributed by atoms with E-state index in [-0.39, 0.29) is 5.91 Å². The topological polar surface area (TPSA) is 78.9 Å². The minimum Gasteiger partial charge on any atom is -0.340 e. The number of nitrogens with one attached hydrogen (secondary N) is 3. The number of amides is 1. The number of hydrogen-bond donors (Lipinski definition) is 3. The SMILES string of the molecule is CCc1ccc(C(=O)Nc2ccc(Nc3cc(C)nc(Nc4ccc(C)cc4)n3)cc2)cc1. The number of aryl methyl sites for hydroxylation is 3. The maximum absolute atomic E-state index is 12.5. The van der Waals surface area contributed by atoms with E-state index in [1.807, 2.05) is 85.8 Å². The van der Waals surface area contributed by atoms with E-state index in [0.717, 1.165) is 29.2 Å². The molecule has 0 aliphatic carbocycles. The lowest BCUT2D eigenvalue weighted by atomic mass is 10.1. The highest BCUT2D eigenvalue weighted by molar-refractivity contribution is 6.04. The summed E-state index contributed by atoms with van der Waals surface area (Å²) in [4.78, 5) is 21.5. The molecule has 0 spiro atoms. The number of hydrogen-bond acceptors (Lipinski definition) is 5. The fourth-order valence-corrected chi connectivity index (χ4v) is 3.33. The van der Waals surface area contributed by atoms with Gasteiger partial charge in [-0.1, -0.05) is 36.8 Å². The van der Waals surface area contributed by atoms with Crippen LogP contribution in [0.5, 0.6) is 0 Å². The predicted molar refractivity (Wildman–Crippen MR) is 135 cm³/mol. The van der Waals surface area contributed by atoms with Gasteiger partial charge in [0, 0.05) is 34.4 Å². The highest BCUT2D eigenvalue weighted by atomic mass is 16.1. The van der Waals surface area contributed by atoms with Gasteiger partial charge in [-0.3, -0.25) is 4.79 Å². The van der Waals surface area contributed by atoms with Gasteiger partial charge in [0.15, 0.2) is 0 Å². The molecule has 0 radical (unpaired) electrons. The van der Waals surface area contributed by atoms with Crippen molar-refractivity contribution < 1.29 is 4.79 Å². The molecule has 0 fully saturated rings. The van der Waals surface area contributed by atoms with Crippen molar-refractivity contribution in [3.05, 3.63) is 101 Å². The normalized spacial score (nSPS) is 10.5. The van der Waals surface area contributed by atoms with Crippen LogP contribution in [0.25, 0.3) is 0 Å². The molecule has 1 amide bonds. The summed E-state index contributed by atoms with van der Waals surface area (Å²) in [6, 6.07) is 25.2. The summed E-state index contributed by atoms with van der Waals surface area (Å²) in [6.07, 6.45) is 0.950. The van der Waals surface area contributed by atoms with Gasteiger partial charge < -0.3 is 16.0 Å². The van der Waals surface area contributed by atoms with Crippen LogP contribution in [0, 0.1) is 13.8 Å². The molecule has 1 aromatic heterocycles. The third-order valence-electron chi connectivity index (χ3n) is 5.20. The molecule has 6 nitrogen and oxygen atoms in total. The third kappa shape index (κ3) is 5.95. The van der Waals surface area contributed by atoms with Crippen molar-refractivity contribution in [1.29, 1.82) is 0 Å². The average molecular weight is 438 g/mol. The zero-order valence-electron chi connectivity index (χ0n) is 19.0. The second kappa shape index (κ2) is 9.96. The number of benzene rings is 3. The summed E-state index contributed by atoms with van der Waals surface area (Å²) in [5.41, 5.74) is 6.41. The molecule has 6 heteroatoms. The van der Waals surface area contributed by atoms with Crippen molar-refractivity contribution in [2.45, 2.75) is 27.2 Å². The van der Waals surface area contributed by atoms with Crippen molar-refractivity contribution >= 4 is 34.7 Å². The Hall–Kier alpha value is -4.19. The molecule has 4 rings (SSSR count). The molecule has 0 saturated carbocycles. The van der Waals surface area contributed by atoms with Gasteiger partial charge in [-0.05, 0) is 74.4 Å². The molecule has 3 aromatic carbocycles. The maximum Gasteiger partial charge on any atom is 0.255 e. The molecule has 166 valence electrons. The second-order valence-electron chi connectivity index (χ2n) is 7.92. The van der Waals surface area contributed by atoms with E-state index in [2.05, 4.69) is 39.8 Å². The summed E-state index contributed by atoms with van der Waals surface area (Å²) in [7, 11) is 0. The number of carbonyl (C=O) groups is 1. The fourth-order valence-electron chi connectivity index (χ4n) is 3.33. The molecule has 1 heterocycles. The lowest BCUT2D eigenvalue weighted by molar-refractivity contribution is 0.102. The molecule has 0 aliphatic heterocycles. The van der Waals surface area contributed by atoms with E-state index in [4.69, 9.17) is 0 Å². The number of carbonyl (C=O) groups excluding carboxylic acids is 1. The molecule has 0 saturated heterocycles. The Morgan fingerprint density at radius 2 is 1.36 bits per heavy atom. The van der Waals surface area contributed by atoms with Gasteiger partial charge in [0.1, 0.15) is 5.82 Å². The van der Waals surface area contributed by atoms with Gasteiger partial charge in [-0.25, -0.2) is 4.98 Å². The van der Waals surface area contributed by atoms with Crippen LogP contribution in [-0.2, 0) is 6.42 Å². The summed E-state index contributed by atoms with van der Waals surface area (Å²) in [5, 5.41) is 9.48. The van der Waals surface area contributed by atoms with Gasteiger partial charge in [0.2, 0.25) is 5.95 Å². The number of rotatable bonds is 7. The maximum atomic E-state index is 12.5. The Morgan fingerprint density at radius 3 is 2.03 bits per heavy atom. The highest BCUT2D eigenvalue weighted by Gasteiger charge is 2.07. The zero-order valence-corrected chi connectivity index (χ0v) is 19.0. The second-order valence-corrected chi connectivity index (χ2v) is 7.92. The van der Waals surface area contributed by atoms with E-state index in [1.54, 1.807) is 0 Å². The molecule has 4 aromatic rings. The van der Waals surface area contributed by atoms with Crippen molar-refractivity contribution in [2.75, 3.05) is 16.0 Å². The van der Waals surface area contributed by atoms with Gasteiger partial charge in [-0.15, -0.1) is 0 Å². The van der Waals surface area contributed by atoms with Crippen LogP contribution in [-0.4, -0.2) is 15.9 Å². The zero-order chi connectivity index (χ0) is 23.2. The Balaban J connectivity index is 1.41. The molecule has 0 bridgehead atoms. The Kier molecular flexibility index (Phi) is 6.64. The first kappa shape index (κ1) is 22.0. The van der Waals surface area contributed by atoms with Gasteiger partial charge >= 0.3 is 0 Å². The minimum absolute atomic E-state index is 0.128. The van der Waals surface area contributed by atoms with Gasteiger partial charge in [-0.2, -0.15) is 4.98 Å². The molecule has 0 unspecified atom stereocenters. The molecule has 3 N–H and O–H groups in total. The van der Waals surface area contributed by atoms with Crippen molar-refractivity contribution in [3.63, 3.8) is 0 Å². The number of nitrogens with zero attached hydrogens (tertiary/aromatic N) is 2. The van der Waals surface area contributed by atoms with E-state index >= 15 is 0 Å². The van der Waals surface area contributed by atoms with Crippen LogP contribution in [0.15, 0.2) is 78.9 Å². The first-order valence-corrected chi connectivity index (χ1v) is 11.0. The van der Waals surface area contributed by atoms with E-state index in [9.17, 15) is 4.79 Å². The van der Waals surface area contributed by atoms with Crippen LogP contribution in [0.4, 0.5) is 28.8 Å². The molecular weight excluding hydrogens is 410 g/mol. The lowest BCUT2D eigenvalue weighted by Gasteiger charge is -2.11. The fraction of sp³-hybridized carbons (Fsp3) is 0.148. The quantitative estimate of drug-likeness (QED) is 0.312. The number of anilines is 5. The monoisotopic (exact) mass is 437 g/mol. The molecule has 33 heavy (non-hydrogen) atoms. The van der Waals surface area contributed by atoms with Crippen LogP contribution >= 0.6 is 0 Å². The minimum atomic E-state index is -0.128.